The number of rotatable bonds is 3. The van der Waals surface area contributed by atoms with Crippen LogP contribution in [0.3, 0.4) is 0 Å². The number of carbonyl (C=O) groups excluding carboxylic acids is 2. The van der Waals surface area contributed by atoms with Crippen molar-refractivity contribution >= 4 is 23.2 Å². The highest BCUT2D eigenvalue weighted by molar-refractivity contribution is 5.97. The number of benzene rings is 1. The van der Waals surface area contributed by atoms with Gasteiger partial charge in [0.25, 0.3) is 5.91 Å². The molecule has 1 aromatic carbocycles. The van der Waals surface area contributed by atoms with Crippen LogP contribution < -0.4 is 15.4 Å². The largest absolute Gasteiger partial charge is 0.482 e. The molecule has 0 fully saturated rings. The number of nitrogens with one attached hydrogen (secondary N) is 2. The predicted octanol–water partition coefficient (Wildman–Crippen LogP) is 2.00. The number of hydrogen-bond donors (Lipinski definition) is 2. The molecule has 0 saturated carbocycles. The monoisotopic (exact) mass is 248 g/mol. The summed E-state index contributed by atoms with van der Waals surface area (Å²) in [4.78, 5) is 22.9. The average Bonchev–Trinajstić information content (AvgIpc) is 2.37. The third-order valence-corrected chi connectivity index (χ3v) is 2.94. The number of hydrogen-bond acceptors (Lipinski definition) is 3. The Balaban J connectivity index is 2.13. The molecule has 1 unspecified atom stereocenters. The van der Waals surface area contributed by atoms with Crippen molar-refractivity contribution in [3.05, 3.63) is 18.2 Å². The fourth-order valence-electron chi connectivity index (χ4n) is 1.61. The van der Waals surface area contributed by atoms with E-state index in [0.717, 1.165) is 6.42 Å². The molecule has 2 N–H and O–H groups in total. The molecule has 0 spiro atoms. The normalized spacial score (nSPS) is 15.1. The van der Waals surface area contributed by atoms with E-state index in [1.54, 1.807) is 18.2 Å². The van der Waals surface area contributed by atoms with Crippen molar-refractivity contribution in [3.8, 4) is 5.75 Å². The Hall–Kier alpha value is -2.04. The van der Waals surface area contributed by atoms with E-state index >= 15 is 0 Å². The summed E-state index contributed by atoms with van der Waals surface area (Å²) in [7, 11) is 0. The van der Waals surface area contributed by atoms with Crippen LogP contribution >= 0.6 is 0 Å². The van der Waals surface area contributed by atoms with Gasteiger partial charge in [0.1, 0.15) is 5.75 Å². The highest BCUT2D eigenvalue weighted by atomic mass is 16.5. The van der Waals surface area contributed by atoms with E-state index in [1.807, 2.05) is 13.8 Å². The minimum absolute atomic E-state index is 0.0273. The molecule has 1 aliphatic heterocycles. The third kappa shape index (κ3) is 2.61. The molecule has 0 radical (unpaired) electrons. The Labute approximate surface area is 106 Å². The molecule has 5 nitrogen and oxygen atoms in total. The first kappa shape index (κ1) is 12.4. The molecular weight excluding hydrogens is 232 g/mol. The van der Waals surface area contributed by atoms with Crippen LogP contribution in [0.2, 0.25) is 0 Å². The molecule has 5 heteroatoms. The molecule has 0 bridgehead atoms. The summed E-state index contributed by atoms with van der Waals surface area (Å²) in [6, 6.07) is 5.20. The van der Waals surface area contributed by atoms with Gasteiger partial charge >= 0.3 is 0 Å². The van der Waals surface area contributed by atoms with Crippen molar-refractivity contribution in [2.75, 3.05) is 17.2 Å². The lowest BCUT2D eigenvalue weighted by Crippen LogP contribution is -2.25. The van der Waals surface area contributed by atoms with Crippen LogP contribution in [0, 0.1) is 5.92 Å². The van der Waals surface area contributed by atoms with Crippen LogP contribution in [0.15, 0.2) is 18.2 Å². The molecule has 0 aromatic heterocycles. The lowest BCUT2D eigenvalue weighted by atomic mass is 10.1. The van der Waals surface area contributed by atoms with E-state index in [4.69, 9.17) is 4.74 Å². The summed E-state index contributed by atoms with van der Waals surface area (Å²) >= 11 is 0. The maximum atomic E-state index is 11.7. The fraction of sp³-hybridized carbons (Fsp3) is 0.385. The standard InChI is InChI=1S/C13H16N2O3/c1-3-8(2)13(17)14-9-4-5-11-10(6-9)15-12(16)7-18-11/h4-6,8H,3,7H2,1-2H3,(H,14,17)(H,15,16). The Kier molecular flexibility index (Phi) is 3.50. The molecule has 2 amide bonds. The molecule has 1 aromatic rings. The summed E-state index contributed by atoms with van der Waals surface area (Å²) in [5.74, 6) is 0.372. The second-order valence-corrected chi connectivity index (χ2v) is 4.35. The zero-order valence-electron chi connectivity index (χ0n) is 10.4. The van der Waals surface area contributed by atoms with E-state index in [9.17, 15) is 9.59 Å². The SMILES string of the molecule is CCC(C)C(=O)Nc1ccc2c(c1)NC(=O)CO2. The highest BCUT2D eigenvalue weighted by Crippen LogP contribution is 2.30. The van der Waals surface area contributed by atoms with Gasteiger partial charge in [-0.1, -0.05) is 13.8 Å². The van der Waals surface area contributed by atoms with Gasteiger partial charge in [0.05, 0.1) is 5.69 Å². The first-order chi connectivity index (χ1) is 8.60. The van der Waals surface area contributed by atoms with Crippen molar-refractivity contribution in [1.82, 2.24) is 0 Å². The molecule has 96 valence electrons. The minimum atomic E-state index is -0.187. The van der Waals surface area contributed by atoms with Crippen molar-refractivity contribution in [2.45, 2.75) is 20.3 Å². The second-order valence-electron chi connectivity index (χ2n) is 4.35. The summed E-state index contributed by atoms with van der Waals surface area (Å²) in [5.41, 5.74) is 1.25. The van der Waals surface area contributed by atoms with Gasteiger partial charge in [0.15, 0.2) is 6.61 Å². The van der Waals surface area contributed by atoms with Gasteiger partial charge in [-0.2, -0.15) is 0 Å². The maximum Gasteiger partial charge on any atom is 0.262 e. The molecule has 18 heavy (non-hydrogen) atoms. The maximum absolute atomic E-state index is 11.7. The van der Waals surface area contributed by atoms with E-state index < -0.39 is 0 Å². The van der Waals surface area contributed by atoms with Gasteiger partial charge in [0.2, 0.25) is 5.91 Å². The van der Waals surface area contributed by atoms with E-state index in [0.29, 0.717) is 17.1 Å². The Bertz CT molecular complexity index is 485. The molecule has 0 saturated heterocycles. The van der Waals surface area contributed by atoms with Crippen LogP contribution in [-0.2, 0) is 9.59 Å². The average molecular weight is 248 g/mol. The quantitative estimate of drug-likeness (QED) is 0.859. The Morgan fingerprint density at radius 3 is 3.06 bits per heavy atom. The van der Waals surface area contributed by atoms with Gasteiger partial charge in [-0.25, -0.2) is 0 Å². The summed E-state index contributed by atoms with van der Waals surface area (Å²) in [6.45, 7) is 3.87. The van der Waals surface area contributed by atoms with Crippen molar-refractivity contribution in [3.63, 3.8) is 0 Å². The Morgan fingerprint density at radius 1 is 1.56 bits per heavy atom. The van der Waals surface area contributed by atoms with Gasteiger partial charge in [-0.3, -0.25) is 9.59 Å². The van der Waals surface area contributed by atoms with Crippen LogP contribution in [0.1, 0.15) is 20.3 Å². The van der Waals surface area contributed by atoms with Crippen LogP contribution in [0.25, 0.3) is 0 Å². The summed E-state index contributed by atoms with van der Waals surface area (Å²) in [5, 5.41) is 5.51. The van der Waals surface area contributed by atoms with Gasteiger partial charge in [-0.15, -0.1) is 0 Å². The third-order valence-electron chi connectivity index (χ3n) is 2.94. The molecule has 1 aliphatic rings. The highest BCUT2D eigenvalue weighted by Gasteiger charge is 2.17. The van der Waals surface area contributed by atoms with Gasteiger partial charge in [0, 0.05) is 11.6 Å². The summed E-state index contributed by atoms with van der Waals surface area (Å²) in [6.07, 6.45) is 0.788. The van der Waals surface area contributed by atoms with Crippen molar-refractivity contribution < 1.29 is 14.3 Å². The summed E-state index contributed by atoms with van der Waals surface area (Å²) < 4.78 is 5.24. The second kappa shape index (κ2) is 5.08. The van der Waals surface area contributed by atoms with Crippen LogP contribution in [0.4, 0.5) is 11.4 Å². The number of carbonyl (C=O) groups is 2. The molecular formula is C13H16N2O3. The zero-order valence-corrected chi connectivity index (χ0v) is 10.4. The number of amides is 2. The van der Waals surface area contributed by atoms with Crippen molar-refractivity contribution in [1.29, 1.82) is 0 Å². The molecule has 0 aliphatic carbocycles. The smallest absolute Gasteiger partial charge is 0.262 e. The number of ether oxygens (including phenoxy) is 1. The molecule has 2 rings (SSSR count). The van der Waals surface area contributed by atoms with Crippen LogP contribution in [0.5, 0.6) is 5.75 Å². The van der Waals surface area contributed by atoms with Gasteiger partial charge in [-0.05, 0) is 24.6 Å². The lowest BCUT2D eigenvalue weighted by Gasteiger charge is -2.19. The zero-order chi connectivity index (χ0) is 13.1. The van der Waals surface area contributed by atoms with E-state index in [-0.39, 0.29) is 24.3 Å². The predicted molar refractivity (Wildman–Crippen MR) is 68.7 cm³/mol. The first-order valence-corrected chi connectivity index (χ1v) is 5.97. The Morgan fingerprint density at radius 2 is 2.33 bits per heavy atom. The minimum Gasteiger partial charge on any atom is -0.482 e. The fourth-order valence-corrected chi connectivity index (χ4v) is 1.61. The van der Waals surface area contributed by atoms with Crippen molar-refractivity contribution in [2.24, 2.45) is 5.92 Å². The number of fused-ring (bicyclic) bond motifs is 1. The van der Waals surface area contributed by atoms with E-state index in [1.165, 1.54) is 0 Å². The van der Waals surface area contributed by atoms with E-state index in [2.05, 4.69) is 10.6 Å². The molecule has 1 atom stereocenters. The molecule has 1 heterocycles. The van der Waals surface area contributed by atoms with Gasteiger partial charge < -0.3 is 15.4 Å². The topological polar surface area (TPSA) is 67.4 Å². The lowest BCUT2D eigenvalue weighted by molar-refractivity contribution is -0.119. The van der Waals surface area contributed by atoms with Crippen LogP contribution in [-0.4, -0.2) is 18.4 Å². The number of anilines is 2. The first-order valence-electron chi connectivity index (χ1n) is 5.97.